The number of thioether (sulfide) groups is 1. The third kappa shape index (κ3) is 5.22. The Kier molecular flexibility index (Phi) is 7.26. The Morgan fingerprint density at radius 1 is 1.35 bits per heavy atom. The molecule has 1 aliphatic heterocycles. The first-order valence-corrected chi connectivity index (χ1v) is 11.0. The number of hydrogen-bond acceptors (Lipinski definition) is 5. The fourth-order valence-corrected chi connectivity index (χ4v) is 4.47. The molecule has 2 aromatic rings. The van der Waals surface area contributed by atoms with E-state index in [-0.39, 0.29) is 24.0 Å². The molecule has 3 rings (SSSR count). The van der Waals surface area contributed by atoms with Crippen LogP contribution in [0.2, 0.25) is 5.02 Å². The van der Waals surface area contributed by atoms with Gasteiger partial charge in [-0.2, -0.15) is 5.26 Å². The second-order valence-electron chi connectivity index (χ2n) is 7.14. The van der Waals surface area contributed by atoms with Crippen molar-refractivity contribution in [2.75, 3.05) is 18.2 Å². The van der Waals surface area contributed by atoms with E-state index >= 15 is 0 Å². The Balaban J connectivity index is 1.79. The second-order valence-corrected chi connectivity index (χ2v) is 8.53. The average molecular weight is 456 g/mol. The highest BCUT2D eigenvalue weighted by Crippen LogP contribution is 2.38. The summed E-state index contributed by atoms with van der Waals surface area (Å²) >= 11 is 7.37. The number of hydrogen-bond donors (Lipinski definition) is 2. The molecule has 31 heavy (non-hydrogen) atoms. The summed E-state index contributed by atoms with van der Waals surface area (Å²) in [6, 6.07) is 13.1. The van der Waals surface area contributed by atoms with E-state index in [1.165, 1.54) is 7.11 Å². The van der Waals surface area contributed by atoms with Crippen molar-refractivity contribution in [3.8, 4) is 11.8 Å². The number of ether oxygens (including phenoxy) is 1. The standard InChI is InChI=1S/C23H22ClN3O3S/c1-13-5-4-6-19(14(13)2)26-22(29)12-31-23-17(11-25)16(10-21(28)27-23)15-7-8-20(30-3)18(24)9-15/h4-9,16H,10,12H2,1-3H3,(H,26,29)(H,27,28)/t16-/m1/s1. The lowest BCUT2D eigenvalue weighted by Gasteiger charge is -2.25. The van der Waals surface area contributed by atoms with Gasteiger partial charge in [-0.3, -0.25) is 9.59 Å². The zero-order valence-electron chi connectivity index (χ0n) is 17.4. The number of nitrogens with zero attached hydrogens (tertiary/aromatic N) is 1. The van der Waals surface area contributed by atoms with Crippen LogP contribution < -0.4 is 15.4 Å². The first-order chi connectivity index (χ1) is 14.8. The Labute approximate surface area is 190 Å². The minimum absolute atomic E-state index is 0.0598. The number of anilines is 1. The van der Waals surface area contributed by atoms with E-state index in [4.69, 9.17) is 16.3 Å². The van der Waals surface area contributed by atoms with Gasteiger partial charge in [0.15, 0.2) is 0 Å². The minimum atomic E-state index is -0.438. The van der Waals surface area contributed by atoms with Crippen molar-refractivity contribution in [1.82, 2.24) is 5.32 Å². The summed E-state index contributed by atoms with van der Waals surface area (Å²) < 4.78 is 5.18. The molecule has 0 radical (unpaired) electrons. The lowest BCUT2D eigenvalue weighted by molar-refractivity contribution is -0.121. The Bertz CT molecular complexity index is 1110. The number of allylic oxidation sites excluding steroid dienone is 1. The molecule has 160 valence electrons. The van der Waals surface area contributed by atoms with Gasteiger partial charge in [0, 0.05) is 18.0 Å². The van der Waals surface area contributed by atoms with Crippen molar-refractivity contribution in [2.24, 2.45) is 0 Å². The summed E-state index contributed by atoms with van der Waals surface area (Å²) in [6.07, 6.45) is 0.129. The quantitative estimate of drug-likeness (QED) is 0.660. The van der Waals surface area contributed by atoms with E-state index in [1.807, 2.05) is 32.0 Å². The minimum Gasteiger partial charge on any atom is -0.495 e. The topological polar surface area (TPSA) is 91.2 Å². The van der Waals surface area contributed by atoms with Crippen LogP contribution in [0.15, 0.2) is 47.0 Å². The number of nitriles is 1. The van der Waals surface area contributed by atoms with Gasteiger partial charge >= 0.3 is 0 Å². The van der Waals surface area contributed by atoms with Crippen molar-refractivity contribution in [3.05, 3.63) is 68.7 Å². The highest BCUT2D eigenvalue weighted by Gasteiger charge is 2.30. The maximum Gasteiger partial charge on any atom is 0.234 e. The van der Waals surface area contributed by atoms with Gasteiger partial charge in [-0.25, -0.2) is 0 Å². The van der Waals surface area contributed by atoms with Crippen LogP contribution in [-0.2, 0) is 9.59 Å². The molecule has 6 nitrogen and oxygen atoms in total. The number of methoxy groups -OCH3 is 1. The molecule has 0 saturated heterocycles. The summed E-state index contributed by atoms with van der Waals surface area (Å²) in [4.78, 5) is 24.8. The smallest absolute Gasteiger partial charge is 0.234 e. The molecule has 0 aliphatic carbocycles. The summed E-state index contributed by atoms with van der Waals surface area (Å²) in [5.41, 5.74) is 3.99. The molecule has 2 N–H and O–H groups in total. The van der Waals surface area contributed by atoms with Crippen LogP contribution in [0.1, 0.15) is 29.0 Å². The normalized spacial score (nSPS) is 15.8. The van der Waals surface area contributed by atoms with Gasteiger partial charge in [0.1, 0.15) is 5.75 Å². The SMILES string of the molecule is COc1ccc([C@H]2CC(=O)NC(SCC(=O)Nc3cccc(C)c3C)=C2C#N)cc1Cl. The number of benzene rings is 2. The zero-order valence-corrected chi connectivity index (χ0v) is 19.0. The van der Waals surface area contributed by atoms with Crippen LogP contribution in [0, 0.1) is 25.2 Å². The van der Waals surface area contributed by atoms with Gasteiger partial charge in [-0.05, 0) is 48.7 Å². The van der Waals surface area contributed by atoms with Crippen molar-refractivity contribution in [3.63, 3.8) is 0 Å². The molecule has 1 atom stereocenters. The molecule has 0 saturated carbocycles. The van der Waals surface area contributed by atoms with Crippen LogP contribution in [0.3, 0.4) is 0 Å². The molecule has 8 heteroatoms. The molecular formula is C23H22ClN3O3S. The predicted molar refractivity (Wildman–Crippen MR) is 123 cm³/mol. The van der Waals surface area contributed by atoms with Crippen molar-refractivity contribution < 1.29 is 14.3 Å². The largest absolute Gasteiger partial charge is 0.495 e. The molecule has 0 unspecified atom stereocenters. The fourth-order valence-electron chi connectivity index (χ4n) is 3.33. The lowest BCUT2D eigenvalue weighted by Crippen LogP contribution is -2.31. The van der Waals surface area contributed by atoms with E-state index in [9.17, 15) is 14.9 Å². The molecule has 2 amide bonds. The van der Waals surface area contributed by atoms with Crippen molar-refractivity contribution in [2.45, 2.75) is 26.2 Å². The van der Waals surface area contributed by atoms with Gasteiger partial charge in [0.2, 0.25) is 11.8 Å². The van der Waals surface area contributed by atoms with Crippen LogP contribution in [0.4, 0.5) is 5.69 Å². The Morgan fingerprint density at radius 2 is 2.13 bits per heavy atom. The highest BCUT2D eigenvalue weighted by atomic mass is 35.5. The number of halogens is 1. The number of nitrogens with one attached hydrogen (secondary N) is 2. The average Bonchev–Trinajstić information content (AvgIpc) is 2.75. The van der Waals surface area contributed by atoms with Gasteiger partial charge in [0.25, 0.3) is 0 Å². The predicted octanol–water partition coefficient (Wildman–Crippen LogP) is 4.68. The maximum atomic E-state index is 12.5. The van der Waals surface area contributed by atoms with Crippen LogP contribution in [0.25, 0.3) is 0 Å². The van der Waals surface area contributed by atoms with Gasteiger partial charge in [-0.1, -0.05) is 41.6 Å². The van der Waals surface area contributed by atoms with E-state index in [2.05, 4.69) is 16.7 Å². The van der Waals surface area contributed by atoms with Crippen LogP contribution in [-0.4, -0.2) is 24.7 Å². The molecule has 1 heterocycles. The number of carbonyl (C=O) groups excluding carboxylic acids is 2. The molecule has 2 aromatic carbocycles. The third-order valence-corrected chi connectivity index (χ3v) is 6.47. The van der Waals surface area contributed by atoms with Crippen LogP contribution >= 0.6 is 23.4 Å². The maximum absolute atomic E-state index is 12.5. The number of amides is 2. The number of aryl methyl sites for hydroxylation is 1. The van der Waals surface area contributed by atoms with Crippen molar-refractivity contribution in [1.29, 1.82) is 5.26 Å². The fraction of sp³-hybridized carbons (Fsp3) is 0.261. The first-order valence-electron chi connectivity index (χ1n) is 9.60. The van der Waals surface area contributed by atoms with Gasteiger partial charge in [-0.15, -0.1) is 0 Å². The second kappa shape index (κ2) is 9.90. The van der Waals surface area contributed by atoms with E-state index < -0.39 is 5.92 Å². The monoisotopic (exact) mass is 455 g/mol. The van der Waals surface area contributed by atoms with Crippen molar-refractivity contribution >= 4 is 40.9 Å². The summed E-state index contributed by atoms with van der Waals surface area (Å²) in [5, 5.41) is 16.2. The van der Waals surface area contributed by atoms with E-state index in [1.54, 1.807) is 18.2 Å². The Hall–Kier alpha value is -2.95. The lowest BCUT2D eigenvalue weighted by atomic mass is 9.87. The summed E-state index contributed by atoms with van der Waals surface area (Å²) in [6.45, 7) is 3.92. The molecule has 1 aliphatic rings. The van der Waals surface area contributed by atoms with E-state index in [0.717, 1.165) is 34.1 Å². The molecular weight excluding hydrogens is 434 g/mol. The van der Waals surface area contributed by atoms with E-state index in [0.29, 0.717) is 21.4 Å². The highest BCUT2D eigenvalue weighted by molar-refractivity contribution is 8.03. The van der Waals surface area contributed by atoms with Gasteiger partial charge in [0.05, 0.1) is 34.6 Å². The zero-order chi connectivity index (χ0) is 22.5. The summed E-state index contributed by atoms with van der Waals surface area (Å²) in [5.74, 6) is -0.289. The molecule has 0 fully saturated rings. The third-order valence-electron chi connectivity index (χ3n) is 5.16. The van der Waals surface area contributed by atoms with Crippen LogP contribution in [0.5, 0.6) is 5.75 Å². The summed E-state index contributed by atoms with van der Waals surface area (Å²) in [7, 11) is 1.52. The Morgan fingerprint density at radius 3 is 2.81 bits per heavy atom. The first kappa shape index (κ1) is 22.7. The number of carbonyl (C=O) groups is 2. The molecule has 0 spiro atoms. The van der Waals surface area contributed by atoms with Gasteiger partial charge < -0.3 is 15.4 Å². The molecule has 0 aromatic heterocycles. The molecule has 0 bridgehead atoms. The number of rotatable bonds is 6.